The fourth-order valence-corrected chi connectivity index (χ4v) is 3.28. The molecule has 122 valence electrons. The second-order valence-electron chi connectivity index (χ2n) is 6.49. The average Bonchev–Trinajstić information content (AvgIpc) is 2.62. The molecule has 1 aromatic carbocycles. The summed E-state index contributed by atoms with van der Waals surface area (Å²) in [7, 11) is 0. The average molecular weight is 310 g/mol. The minimum absolute atomic E-state index is 0.180. The van der Waals surface area contributed by atoms with E-state index in [0.29, 0.717) is 5.92 Å². The van der Waals surface area contributed by atoms with Crippen molar-refractivity contribution in [3.8, 4) is 0 Å². The predicted octanol–water partition coefficient (Wildman–Crippen LogP) is 3.24. The highest BCUT2D eigenvalue weighted by Crippen LogP contribution is 2.19. The maximum atomic E-state index is 12.3. The van der Waals surface area contributed by atoms with Crippen LogP contribution in [0.4, 0.5) is 0 Å². The standard InChI is InChI=1S/C20H26N2O/c23-20(12-11-18-7-3-1-4-8-18)22-15-13-21(14-16-22)17-19-9-5-2-6-10-19/h1-3,5-6,9-12,18H,4,7-8,13-17H2. The van der Waals surface area contributed by atoms with Gasteiger partial charge in [-0.05, 0) is 36.8 Å². The maximum absolute atomic E-state index is 12.3. The largest absolute Gasteiger partial charge is 0.337 e. The molecule has 0 radical (unpaired) electrons. The number of carbonyl (C=O) groups is 1. The highest BCUT2D eigenvalue weighted by atomic mass is 16.2. The molecule has 1 unspecified atom stereocenters. The summed E-state index contributed by atoms with van der Waals surface area (Å²) in [4.78, 5) is 16.7. The minimum Gasteiger partial charge on any atom is -0.337 e. The van der Waals surface area contributed by atoms with E-state index >= 15 is 0 Å². The molecule has 0 aromatic heterocycles. The summed E-state index contributed by atoms with van der Waals surface area (Å²) in [6.45, 7) is 4.57. The zero-order valence-corrected chi connectivity index (χ0v) is 13.7. The Kier molecular flexibility index (Phi) is 5.65. The van der Waals surface area contributed by atoms with Crippen LogP contribution < -0.4 is 0 Å². The van der Waals surface area contributed by atoms with E-state index in [4.69, 9.17) is 0 Å². The minimum atomic E-state index is 0.180. The summed E-state index contributed by atoms with van der Waals surface area (Å²) < 4.78 is 0. The summed E-state index contributed by atoms with van der Waals surface area (Å²) in [6.07, 6.45) is 11.8. The van der Waals surface area contributed by atoms with Crippen LogP contribution in [0.15, 0.2) is 54.6 Å². The van der Waals surface area contributed by atoms with Gasteiger partial charge in [0.1, 0.15) is 0 Å². The molecule has 3 nitrogen and oxygen atoms in total. The molecule has 3 heteroatoms. The smallest absolute Gasteiger partial charge is 0.246 e. The van der Waals surface area contributed by atoms with Crippen LogP contribution in [0.2, 0.25) is 0 Å². The van der Waals surface area contributed by atoms with Crippen LogP contribution in [0.1, 0.15) is 24.8 Å². The first-order chi connectivity index (χ1) is 11.3. The molecule has 1 aliphatic heterocycles. The Morgan fingerprint density at radius 1 is 1.09 bits per heavy atom. The molecule has 1 atom stereocenters. The van der Waals surface area contributed by atoms with Crippen molar-refractivity contribution in [3.05, 3.63) is 60.2 Å². The van der Waals surface area contributed by atoms with Gasteiger partial charge in [-0.3, -0.25) is 9.69 Å². The van der Waals surface area contributed by atoms with Crippen LogP contribution in [0, 0.1) is 5.92 Å². The first-order valence-electron chi connectivity index (χ1n) is 8.69. The van der Waals surface area contributed by atoms with E-state index in [1.54, 1.807) is 6.08 Å². The molecule has 0 bridgehead atoms. The molecule has 0 saturated carbocycles. The monoisotopic (exact) mass is 310 g/mol. The summed E-state index contributed by atoms with van der Waals surface area (Å²) in [5.41, 5.74) is 1.34. The summed E-state index contributed by atoms with van der Waals surface area (Å²) >= 11 is 0. The molecule has 1 amide bonds. The fourth-order valence-electron chi connectivity index (χ4n) is 3.28. The molecule has 1 fully saturated rings. The van der Waals surface area contributed by atoms with Crippen molar-refractivity contribution in [2.24, 2.45) is 5.92 Å². The molecular weight excluding hydrogens is 284 g/mol. The lowest BCUT2D eigenvalue weighted by molar-refractivity contribution is -0.127. The van der Waals surface area contributed by atoms with Crippen LogP contribution in [0.3, 0.4) is 0 Å². The van der Waals surface area contributed by atoms with Crippen LogP contribution in [0.25, 0.3) is 0 Å². The van der Waals surface area contributed by atoms with Crippen molar-refractivity contribution in [1.29, 1.82) is 0 Å². The second kappa shape index (κ2) is 8.11. The molecule has 1 saturated heterocycles. The van der Waals surface area contributed by atoms with E-state index in [0.717, 1.165) is 45.6 Å². The van der Waals surface area contributed by atoms with Crippen molar-refractivity contribution in [2.75, 3.05) is 26.2 Å². The molecule has 1 aromatic rings. The third kappa shape index (κ3) is 4.80. The first-order valence-corrected chi connectivity index (χ1v) is 8.69. The fraction of sp³-hybridized carbons (Fsp3) is 0.450. The van der Waals surface area contributed by atoms with Gasteiger partial charge in [-0.2, -0.15) is 0 Å². The van der Waals surface area contributed by atoms with Crippen molar-refractivity contribution in [3.63, 3.8) is 0 Å². The van der Waals surface area contributed by atoms with E-state index < -0.39 is 0 Å². The quantitative estimate of drug-likeness (QED) is 0.629. The van der Waals surface area contributed by atoms with E-state index in [-0.39, 0.29) is 5.91 Å². The van der Waals surface area contributed by atoms with Gasteiger partial charge in [0.15, 0.2) is 0 Å². The lowest BCUT2D eigenvalue weighted by Crippen LogP contribution is -2.47. The molecule has 2 aliphatic rings. The second-order valence-corrected chi connectivity index (χ2v) is 6.49. The van der Waals surface area contributed by atoms with E-state index in [1.165, 1.54) is 12.0 Å². The van der Waals surface area contributed by atoms with Gasteiger partial charge in [-0.25, -0.2) is 0 Å². The Bertz CT molecular complexity index is 556. The number of piperazine rings is 1. The third-order valence-electron chi connectivity index (χ3n) is 4.75. The van der Waals surface area contributed by atoms with Gasteiger partial charge in [0, 0.05) is 32.7 Å². The number of hydrogen-bond acceptors (Lipinski definition) is 2. The number of amides is 1. The predicted molar refractivity (Wildman–Crippen MR) is 93.9 cm³/mol. The Morgan fingerprint density at radius 3 is 2.57 bits per heavy atom. The summed E-state index contributed by atoms with van der Waals surface area (Å²) in [5, 5.41) is 0. The van der Waals surface area contributed by atoms with Gasteiger partial charge in [0.25, 0.3) is 0 Å². The highest BCUT2D eigenvalue weighted by molar-refractivity contribution is 5.87. The number of allylic oxidation sites excluding steroid dienone is 3. The van der Waals surface area contributed by atoms with Gasteiger partial charge in [0.05, 0.1) is 0 Å². The van der Waals surface area contributed by atoms with Crippen molar-refractivity contribution < 1.29 is 4.79 Å². The molecule has 1 heterocycles. The van der Waals surface area contributed by atoms with E-state index in [2.05, 4.69) is 53.5 Å². The topological polar surface area (TPSA) is 23.6 Å². The Labute approximate surface area is 139 Å². The Morgan fingerprint density at radius 2 is 1.87 bits per heavy atom. The normalized spacial score (nSPS) is 22.6. The number of nitrogens with zero attached hydrogens (tertiary/aromatic N) is 2. The van der Waals surface area contributed by atoms with Gasteiger partial charge < -0.3 is 4.90 Å². The lowest BCUT2D eigenvalue weighted by atomic mass is 9.94. The number of hydrogen-bond donors (Lipinski definition) is 0. The van der Waals surface area contributed by atoms with Crippen LogP contribution in [0.5, 0.6) is 0 Å². The first kappa shape index (κ1) is 16.0. The molecule has 3 rings (SSSR count). The molecule has 23 heavy (non-hydrogen) atoms. The van der Waals surface area contributed by atoms with Gasteiger partial charge >= 0.3 is 0 Å². The zero-order chi connectivity index (χ0) is 15.9. The van der Waals surface area contributed by atoms with Gasteiger partial charge in [-0.15, -0.1) is 0 Å². The molecule has 1 aliphatic carbocycles. The van der Waals surface area contributed by atoms with Gasteiger partial charge in [0.2, 0.25) is 5.91 Å². The number of carbonyl (C=O) groups excluding carboxylic acids is 1. The molecule has 0 spiro atoms. The zero-order valence-electron chi connectivity index (χ0n) is 13.7. The SMILES string of the molecule is O=C(C=CC1CC=CCC1)N1CCN(Cc2ccccc2)CC1. The van der Waals surface area contributed by atoms with Crippen molar-refractivity contribution >= 4 is 5.91 Å². The Hall–Kier alpha value is -1.87. The van der Waals surface area contributed by atoms with Gasteiger partial charge in [-0.1, -0.05) is 48.6 Å². The Balaban J connectivity index is 1.44. The summed E-state index contributed by atoms with van der Waals surface area (Å²) in [5.74, 6) is 0.724. The third-order valence-corrected chi connectivity index (χ3v) is 4.75. The van der Waals surface area contributed by atoms with Crippen molar-refractivity contribution in [2.45, 2.75) is 25.8 Å². The number of rotatable bonds is 4. The highest BCUT2D eigenvalue weighted by Gasteiger charge is 2.19. The lowest BCUT2D eigenvalue weighted by Gasteiger charge is -2.34. The van der Waals surface area contributed by atoms with Crippen LogP contribution >= 0.6 is 0 Å². The van der Waals surface area contributed by atoms with E-state index in [9.17, 15) is 4.79 Å². The molecule has 0 N–H and O–H groups in total. The van der Waals surface area contributed by atoms with Crippen molar-refractivity contribution in [1.82, 2.24) is 9.80 Å². The molecular formula is C20H26N2O. The number of benzene rings is 1. The van der Waals surface area contributed by atoms with Crippen LogP contribution in [-0.4, -0.2) is 41.9 Å². The summed E-state index contributed by atoms with van der Waals surface area (Å²) in [6, 6.07) is 10.5. The maximum Gasteiger partial charge on any atom is 0.246 e. The van der Waals surface area contributed by atoms with Crippen LogP contribution in [-0.2, 0) is 11.3 Å². The van der Waals surface area contributed by atoms with E-state index in [1.807, 2.05) is 4.90 Å².